The van der Waals surface area contributed by atoms with Crippen LogP contribution < -0.4 is 16.4 Å². The summed E-state index contributed by atoms with van der Waals surface area (Å²) in [6.45, 7) is 0.190. The standard InChI is InChI=1S/C7H11N3O2/c8-3-7(4-1-2-4)5(11)9-6(12)10-7/h4H,1-3,8H2,(H2,9,10,11,12)/t7-/m0/s1. The number of nitrogens with one attached hydrogen (secondary N) is 2. The minimum atomic E-state index is -0.795. The SMILES string of the molecule is NC[C@@]1(C2CC2)NC(=O)NC1=O. The summed E-state index contributed by atoms with van der Waals surface area (Å²) in [6, 6.07) is -0.419. The fraction of sp³-hybridized carbons (Fsp3) is 0.714. The summed E-state index contributed by atoms with van der Waals surface area (Å²) in [4.78, 5) is 22.2. The van der Waals surface area contributed by atoms with Gasteiger partial charge in [-0.05, 0) is 18.8 Å². The van der Waals surface area contributed by atoms with Crippen LogP contribution in [0.5, 0.6) is 0 Å². The van der Waals surface area contributed by atoms with Gasteiger partial charge >= 0.3 is 6.03 Å². The highest BCUT2D eigenvalue weighted by molar-refractivity contribution is 6.07. The van der Waals surface area contributed by atoms with Crippen LogP contribution in [0.25, 0.3) is 0 Å². The van der Waals surface area contributed by atoms with E-state index in [9.17, 15) is 9.59 Å². The molecule has 1 atom stereocenters. The topological polar surface area (TPSA) is 84.2 Å². The highest BCUT2D eigenvalue weighted by Gasteiger charge is 2.54. The normalized spacial score (nSPS) is 34.8. The molecule has 2 rings (SSSR count). The van der Waals surface area contributed by atoms with Crippen molar-refractivity contribution in [3.05, 3.63) is 0 Å². The molecule has 1 saturated carbocycles. The van der Waals surface area contributed by atoms with E-state index in [4.69, 9.17) is 5.73 Å². The van der Waals surface area contributed by atoms with Gasteiger partial charge in [-0.3, -0.25) is 10.1 Å². The summed E-state index contributed by atoms with van der Waals surface area (Å²) in [5.41, 5.74) is 4.69. The largest absolute Gasteiger partial charge is 0.328 e. The monoisotopic (exact) mass is 169 g/mol. The Kier molecular flexibility index (Phi) is 1.38. The zero-order valence-corrected chi connectivity index (χ0v) is 6.59. The average molecular weight is 169 g/mol. The van der Waals surface area contributed by atoms with E-state index in [0.29, 0.717) is 0 Å². The number of hydrogen-bond acceptors (Lipinski definition) is 3. The zero-order valence-electron chi connectivity index (χ0n) is 6.59. The first kappa shape index (κ1) is 7.54. The fourth-order valence-electron chi connectivity index (χ4n) is 1.68. The number of carbonyl (C=O) groups excluding carboxylic acids is 2. The molecule has 2 fully saturated rings. The molecule has 1 aliphatic heterocycles. The van der Waals surface area contributed by atoms with Crippen molar-refractivity contribution in [1.29, 1.82) is 0 Å². The lowest BCUT2D eigenvalue weighted by atomic mass is 9.94. The van der Waals surface area contributed by atoms with Gasteiger partial charge in [-0.2, -0.15) is 0 Å². The third kappa shape index (κ3) is 0.828. The first-order valence-electron chi connectivity index (χ1n) is 4.03. The van der Waals surface area contributed by atoms with Crippen molar-refractivity contribution in [3.63, 3.8) is 0 Å². The first-order chi connectivity index (χ1) is 5.69. The van der Waals surface area contributed by atoms with Gasteiger partial charge in [0.1, 0.15) is 5.54 Å². The summed E-state index contributed by atoms with van der Waals surface area (Å²) in [5.74, 6) is -0.0218. The third-order valence-corrected chi connectivity index (χ3v) is 2.57. The molecule has 5 heteroatoms. The molecule has 1 saturated heterocycles. The quantitative estimate of drug-likeness (QED) is 0.460. The van der Waals surface area contributed by atoms with Crippen molar-refractivity contribution in [2.75, 3.05) is 6.54 Å². The van der Waals surface area contributed by atoms with E-state index in [0.717, 1.165) is 12.8 Å². The lowest BCUT2D eigenvalue weighted by molar-refractivity contribution is -0.124. The van der Waals surface area contributed by atoms with E-state index in [2.05, 4.69) is 10.6 Å². The molecule has 0 spiro atoms. The van der Waals surface area contributed by atoms with Gasteiger partial charge in [0.25, 0.3) is 5.91 Å². The molecular weight excluding hydrogens is 158 g/mol. The third-order valence-electron chi connectivity index (χ3n) is 2.57. The molecule has 0 aromatic carbocycles. The molecule has 1 aliphatic carbocycles. The Morgan fingerprint density at radius 3 is 2.50 bits per heavy atom. The second kappa shape index (κ2) is 2.20. The van der Waals surface area contributed by atoms with Crippen molar-refractivity contribution in [3.8, 4) is 0 Å². The Morgan fingerprint density at radius 1 is 1.50 bits per heavy atom. The lowest BCUT2D eigenvalue weighted by Gasteiger charge is -2.23. The van der Waals surface area contributed by atoms with Crippen LogP contribution in [-0.2, 0) is 4.79 Å². The molecule has 5 nitrogen and oxygen atoms in total. The van der Waals surface area contributed by atoms with Gasteiger partial charge in [0, 0.05) is 6.54 Å². The number of nitrogens with two attached hydrogens (primary N) is 1. The first-order valence-corrected chi connectivity index (χ1v) is 4.03. The number of rotatable bonds is 2. The number of hydrogen-bond donors (Lipinski definition) is 3. The fourth-order valence-corrected chi connectivity index (χ4v) is 1.68. The molecule has 0 unspecified atom stereocenters. The van der Waals surface area contributed by atoms with Crippen molar-refractivity contribution >= 4 is 11.9 Å². The van der Waals surface area contributed by atoms with Gasteiger partial charge in [0.05, 0.1) is 0 Å². The molecule has 3 amide bonds. The summed E-state index contributed by atoms with van der Waals surface area (Å²) in [5, 5.41) is 4.82. The van der Waals surface area contributed by atoms with Crippen LogP contribution in [0.1, 0.15) is 12.8 Å². The second-order valence-electron chi connectivity index (χ2n) is 3.36. The number of amides is 3. The molecular formula is C7H11N3O2. The van der Waals surface area contributed by atoms with E-state index in [1.807, 2.05) is 0 Å². The number of urea groups is 1. The maximum Gasteiger partial charge on any atom is 0.322 e. The number of carbonyl (C=O) groups is 2. The Balaban J connectivity index is 2.26. The van der Waals surface area contributed by atoms with Crippen LogP contribution >= 0.6 is 0 Å². The Bertz CT molecular complexity index is 249. The van der Waals surface area contributed by atoms with Crippen LogP contribution in [0.15, 0.2) is 0 Å². The van der Waals surface area contributed by atoms with Crippen molar-refractivity contribution < 1.29 is 9.59 Å². The summed E-state index contributed by atoms with van der Waals surface area (Å²) < 4.78 is 0. The number of imide groups is 1. The van der Waals surface area contributed by atoms with Crippen LogP contribution in [0.3, 0.4) is 0 Å². The van der Waals surface area contributed by atoms with Crippen molar-refractivity contribution in [1.82, 2.24) is 10.6 Å². The van der Waals surface area contributed by atoms with Gasteiger partial charge in [0.15, 0.2) is 0 Å². The minimum Gasteiger partial charge on any atom is -0.328 e. The van der Waals surface area contributed by atoms with Crippen LogP contribution in [0.4, 0.5) is 4.79 Å². The molecule has 1 heterocycles. The molecule has 0 aromatic heterocycles. The smallest absolute Gasteiger partial charge is 0.322 e. The Hall–Kier alpha value is -1.10. The predicted octanol–water partition coefficient (Wildman–Crippen LogP) is -1.07. The zero-order chi connectivity index (χ0) is 8.77. The summed E-state index contributed by atoms with van der Waals surface area (Å²) >= 11 is 0. The van der Waals surface area contributed by atoms with Crippen molar-refractivity contribution in [2.45, 2.75) is 18.4 Å². The molecule has 66 valence electrons. The van der Waals surface area contributed by atoms with Crippen LogP contribution in [-0.4, -0.2) is 24.0 Å². The van der Waals surface area contributed by atoms with E-state index in [-0.39, 0.29) is 18.4 Å². The minimum absolute atomic E-state index is 0.190. The highest BCUT2D eigenvalue weighted by atomic mass is 16.2. The molecule has 0 radical (unpaired) electrons. The summed E-state index contributed by atoms with van der Waals surface area (Å²) in [6.07, 6.45) is 1.95. The maximum atomic E-state index is 11.3. The molecule has 0 bridgehead atoms. The van der Waals surface area contributed by atoms with Gasteiger partial charge in [0.2, 0.25) is 0 Å². The van der Waals surface area contributed by atoms with Crippen LogP contribution in [0, 0.1) is 5.92 Å². The van der Waals surface area contributed by atoms with E-state index >= 15 is 0 Å². The molecule has 0 aromatic rings. The van der Waals surface area contributed by atoms with E-state index in [1.54, 1.807) is 0 Å². The highest BCUT2D eigenvalue weighted by Crippen LogP contribution is 2.40. The maximum absolute atomic E-state index is 11.3. The van der Waals surface area contributed by atoms with E-state index < -0.39 is 11.6 Å². The van der Waals surface area contributed by atoms with Gasteiger partial charge in [-0.15, -0.1) is 0 Å². The van der Waals surface area contributed by atoms with Gasteiger partial charge in [-0.25, -0.2) is 4.79 Å². The van der Waals surface area contributed by atoms with Gasteiger partial charge in [-0.1, -0.05) is 0 Å². The average Bonchev–Trinajstić information content (AvgIpc) is 2.79. The summed E-state index contributed by atoms with van der Waals surface area (Å²) in [7, 11) is 0. The lowest BCUT2D eigenvalue weighted by Crippen LogP contribution is -2.54. The molecule has 4 N–H and O–H groups in total. The van der Waals surface area contributed by atoms with E-state index in [1.165, 1.54) is 0 Å². The molecule has 12 heavy (non-hydrogen) atoms. The Morgan fingerprint density at radius 2 is 2.17 bits per heavy atom. The predicted molar refractivity (Wildman–Crippen MR) is 41.2 cm³/mol. The second-order valence-corrected chi connectivity index (χ2v) is 3.36. The Labute approximate surface area is 69.7 Å². The van der Waals surface area contributed by atoms with Gasteiger partial charge < -0.3 is 11.1 Å². The molecule has 2 aliphatic rings. The van der Waals surface area contributed by atoms with Crippen molar-refractivity contribution in [2.24, 2.45) is 11.7 Å². The van der Waals surface area contributed by atoms with Crippen LogP contribution in [0.2, 0.25) is 0 Å².